The van der Waals surface area contributed by atoms with Gasteiger partial charge in [0.2, 0.25) is 0 Å². The molecule has 4 aromatic heterocycles. The number of thiophene rings is 1. The third-order valence-corrected chi connectivity index (χ3v) is 5.97. The molecule has 10 heteroatoms. The minimum Gasteiger partial charge on any atom is -0.369 e. The SMILES string of the molecule is Cn1cnc(NC(O)c2cc(-n3ncc4cc(Nc5ccccc5Cl)cnc43)cs2)c1. The van der Waals surface area contributed by atoms with Gasteiger partial charge in [0.05, 0.1) is 45.7 Å². The number of hydrogen-bond donors (Lipinski definition) is 3. The normalized spacial score (nSPS) is 12.2. The molecule has 1 atom stereocenters. The van der Waals surface area contributed by atoms with Gasteiger partial charge in [-0.25, -0.2) is 14.6 Å². The maximum absolute atomic E-state index is 10.5. The van der Waals surface area contributed by atoms with Crippen LogP contribution in [0.3, 0.4) is 0 Å². The molecule has 0 amide bonds. The highest BCUT2D eigenvalue weighted by Gasteiger charge is 2.15. The summed E-state index contributed by atoms with van der Waals surface area (Å²) < 4.78 is 3.56. The number of aryl methyl sites for hydroxylation is 1. The zero-order chi connectivity index (χ0) is 21.4. The van der Waals surface area contributed by atoms with Crippen LogP contribution in [0.5, 0.6) is 0 Å². The number of anilines is 3. The summed E-state index contributed by atoms with van der Waals surface area (Å²) in [6.07, 6.45) is 6.12. The van der Waals surface area contributed by atoms with E-state index >= 15 is 0 Å². The smallest absolute Gasteiger partial charge is 0.163 e. The Balaban J connectivity index is 1.38. The molecule has 0 fully saturated rings. The third-order valence-electron chi connectivity index (χ3n) is 4.67. The number of aromatic nitrogens is 5. The van der Waals surface area contributed by atoms with Crippen LogP contribution in [0, 0.1) is 0 Å². The van der Waals surface area contributed by atoms with E-state index in [1.165, 1.54) is 11.3 Å². The van der Waals surface area contributed by atoms with Gasteiger partial charge in [0.25, 0.3) is 0 Å². The predicted octanol–water partition coefficient (Wildman–Crippen LogP) is 4.72. The number of aliphatic hydroxyl groups is 1. The summed E-state index contributed by atoms with van der Waals surface area (Å²) in [4.78, 5) is 9.50. The van der Waals surface area contributed by atoms with Crippen molar-refractivity contribution < 1.29 is 5.11 Å². The van der Waals surface area contributed by atoms with Crippen LogP contribution >= 0.6 is 22.9 Å². The fourth-order valence-electron chi connectivity index (χ4n) is 3.19. The second-order valence-electron chi connectivity index (χ2n) is 6.98. The van der Waals surface area contributed by atoms with Gasteiger partial charge >= 0.3 is 0 Å². The Bertz CT molecular complexity index is 1360. The number of imidazole rings is 1. The number of rotatable bonds is 6. The monoisotopic (exact) mass is 451 g/mol. The molecule has 0 aliphatic heterocycles. The minimum absolute atomic E-state index is 0.606. The Morgan fingerprint density at radius 2 is 2.03 bits per heavy atom. The maximum atomic E-state index is 10.5. The first-order valence-corrected chi connectivity index (χ1v) is 10.7. The lowest BCUT2D eigenvalue weighted by Crippen LogP contribution is -2.08. The summed E-state index contributed by atoms with van der Waals surface area (Å²) in [6.45, 7) is 0. The van der Waals surface area contributed by atoms with E-state index in [1.807, 2.05) is 53.4 Å². The third kappa shape index (κ3) is 3.98. The molecule has 5 rings (SSSR count). The first kappa shape index (κ1) is 19.6. The summed E-state index contributed by atoms with van der Waals surface area (Å²) >= 11 is 7.66. The van der Waals surface area contributed by atoms with E-state index in [4.69, 9.17) is 11.6 Å². The molecule has 0 spiro atoms. The van der Waals surface area contributed by atoms with Crippen LogP contribution in [-0.2, 0) is 7.05 Å². The molecule has 8 nitrogen and oxygen atoms in total. The Morgan fingerprint density at radius 3 is 2.84 bits per heavy atom. The largest absolute Gasteiger partial charge is 0.369 e. The summed E-state index contributed by atoms with van der Waals surface area (Å²) in [6, 6.07) is 11.4. The van der Waals surface area contributed by atoms with E-state index in [0.29, 0.717) is 10.8 Å². The Kier molecular flexibility index (Phi) is 5.06. The number of nitrogens with zero attached hydrogens (tertiary/aromatic N) is 5. The van der Waals surface area contributed by atoms with Crippen molar-refractivity contribution in [1.29, 1.82) is 0 Å². The number of nitrogens with one attached hydrogen (secondary N) is 2. The van der Waals surface area contributed by atoms with Crippen LogP contribution in [0.1, 0.15) is 11.1 Å². The summed E-state index contributed by atoms with van der Waals surface area (Å²) in [5, 5.41) is 24.7. The predicted molar refractivity (Wildman–Crippen MR) is 123 cm³/mol. The van der Waals surface area contributed by atoms with Crippen LogP contribution in [0.15, 0.2) is 66.7 Å². The molecular weight excluding hydrogens is 434 g/mol. The summed E-state index contributed by atoms with van der Waals surface area (Å²) in [5.74, 6) is 0.606. The fraction of sp³-hybridized carbons (Fsp3) is 0.0952. The lowest BCUT2D eigenvalue weighted by molar-refractivity contribution is 0.211. The van der Waals surface area contributed by atoms with Gasteiger partial charge in [-0.1, -0.05) is 23.7 Å². The molecule has 0 aliphatic carbocycles. The topological polar surface area (TPSA) is 92.8 Å². The minimum atomic E-state index is -0.866. The van der Waals surface area contributed by atoms with Crippen molar-refractivity contribution in [3.8, 4) is 5.69 Å². The van der Waals surface area contributed by atoms with Crippen molar-refractivity contribution in [2.24, 2.45) is 7.05 Å². The molecule has 31 heavy (non-hydrogen) atoms. The number of hydrogen-bond acceptors (Lipinski definition) is 7. The average Bonchev–Trinajstić information content (AvgIpc) is 3.49. The van der Waals surface area contributed by atoms with Crippen LogP contribution in [-0.4, -0.2) is 29.4 Å². The highest BCUT2D eigenvalue weighted by molar-refractivity contribution is 7.10. The first-order chi connectivity index (χ1) is 15.1. The Hall–Kier alpha value is -3.40. The average molecular weight is 452 g/mol. The van der Waals surface area contributed by atoms with Gasteiger partial charge in [-0.2, -0.15) is 5.10 Å². The van der Waals surface area contributed by atoms with Crippen molar-refractivity contribution in [3.63, 3.8) is 0 Å². The van der Waals surface area contributed by atoms with Gasteiger partial charge in [0, 0.05) is 24.0 Å². The van der Waals surface area contributed by atoms with E-state index in [-0.39, 0.29) is 0 Å². The summed E-state index contributed by atoms with van der Waals surface area (Å²) in [5.41, 5.74) is 3.19. The molecule has 0 bridgehead atoms. The molecule has 5 aromatic rings. The van der Waals surface area contributed by atoms with Gasteiger partial charge in [-0.3, -0.25) is 0 Å². The molecule has 0 saturated heterocycles. The number of pyridine rings is 1. The lowest BCUT2D eigenvalue weighted by Gasteiger charge is -2.09. The molecule has 0 radical (unpaired) electrons. The maximum Gasteiger partial charge on any atom is 0.163 e. The number of para-hydroxylation sites is 1. The van der Waals surface area contributed by atoms with Gasteiger partial charge in [-0.05, 0) is 24.3 Å². The molecule has 0 aliphatic rings. The fourth-order valence-corrected chi connectivity index (χ4v) is 4.18. The van der Waals surface area contributed by atoms with E-state index < -0.39 is 6.23 Å². The van der Waals surface area contributed by atoms with Crippen LogP contribution in [0.4, 0.5) is 17.2 Å². The molecule has 156 valence electrons. The van der Waals surface area contributed by atoms with E-state index in [1.54, 1.807) is 29.6 Å². The van der Waals surface area contributed by atoms with Gasteiger partial charge in [-0.15, -0.1) is 11.3 Å². The van der Waals surface area contributed by atoms with Gasteiger partial charge in [0.1, 0.15) is 5.82 Å². The Labute approximate surface area is 186 Å². The van der Waals surface area contributed by atoms with Crippen LogP contribution in [0.25, 0.3) is 16.7 Å². The quantitative estimate of drug-likeness (QED) is 0.323. The molecule has 1 unspecified atom stereocenters. The van der Waals surface area contributed by atoms with Crippen LogP contribution < -0.4 is 10.6 Å². The summed E-state index contributed by atoms with van der Waals surface area (Å²) in [7, 11) is 1.87. The van der Waals surface area contributed by atoms with E-state index in [0.717, 1.165) is 33.0 Å². The lowest BCUT2D eigenvalue weighted by atomic mass is 10.3. The molecule has 3 N–H and O–H groups in total. The Morgan fingerprint density at radius 1 is 1.16 bits per heavy atom. The van der Waals surface area contributed by atoms with Crippen molar-refractivity contribution in [3.05, 3.63) is 76.6 Å². The molecule has 4 heterocycles. The number of halogens is 1. The standard InChI is InChI=1S/C21H18ClN7OS/c1-28-10-19(24-12-28)27-21(30)18-7-15(11-31-18)29-20-13(8-25-29)6-14(9-23-20)26-17-5-3-2-4-16(17)22/h2-12,21,26-27,30H,1H3. The van der Waals surface area contributed by atoms with Crippen molar-refractivity contribution in [1.82, 2.24) is 24.3 Å². The van der Waals surface area contributed by atoms with E-state index in [9.17, 15) is 5.11 Å². The zero-order valence-electron chi connectivity index (χ0n) is 16.4. The number of fused-ring (bicyclic) bond motifs is 1. The number of aliphatic hydroxyl groups excluding tert-OH is 1. The van der Waals surface area contributed by atoms with Gasteiger partial charge < -0.3 is 20.3 Å². The molecule has 0 saturated carbocycles. The second-order valence-corrected chi connectivity index (χ2v) is 8.33. The van der Waals surface area contributed by atoms with Crippen LogP contribution in [0.2, 0.25) is 5.02 Å². The highest BCUT2D eigenvalue weighted by atomic mass is 35.5. The first-order valence-electron chi connectivity index (χ1n) is 9.43. The van der Waals surface area contributed by atoms with Gasteiger partial charge in [0.15, 0.2) is 11.9 Å². The molecular formula is C21H18ClN7OS. The van der Waals surface area contributed by atoms with E-state index in [2.05, 4.69) is 25.7 Å². The highest BCUT2D eigenvalue weighted by Crippen LogP contribution is 2.29. The number of benzene rings is 1. The zero-order valence-corrected chi connectivity index (χ0v) is 18.0. The second kappa shape index (κ2) is 8.03. The van der Waals surface area contributed by atoms with Crippen molar-refractivity contribution in [2.45, 2.75) is 6.23 Å². The molecule has 1 aromatic carbocycles. The van der Waals surface area contributed by atoms with Crippen molar-refractivity contribution >= 4 is 51.2 Å². The van der Waals surface area contributed by atoms with Crippen molar-refractivity contribution in [2.75, 3.05) is 10.6 Å².